The van der Waals surface area contributed by atoms with Crippen LogP contribution in [0.1, 0.15) is 16.8 Å². The summed E-state index contributed by atoms with van der Waals surface area (Å²) in [6.07, 6.45) is 5.43. The zero-order chi connectivity index (χ0) is 12.4. The number of nitrogens with zero attached hydrogens (tertiary/aromatic N) is 4. The average Bonchev–Trinajstić information content (AvgIpc) is 2.88. The van der Waals surface area contributed by atoms with E-state index >= 15 is 0 Å². The number of nitriles is 1. The Balaban J connectivity index is 2.25. The van der Waals surface area contributed by atoms with Crippen molar-refractivity contribution < 1.29 is 0 Å². The molecule has 0 spiro atoms. The van der Waals surface area contributed by atoms with Crippen molar-refractivity contribution in [2.24, 2.45) is 0 Å². The van der Waals surface area contributed by atoms with Gasteiger partial charge in [0.2, 0.25) is 0 Å². The van der Waals surface area contributed by atoms with E-state index in [4.69, 9.17) is 11.0 Å². The van der Waals surface area contributed by atoms with Crippen LogP contribution >= 0.6 is 0 Å². The van der Waals surface area contributed by atoms with Crippen LogP contribution in [-0.2, 0) is 13.1 Å². The Hall–Kier alpha value is -2.22. The van der Waals surface area contributed by atoms with E-state index in [2.05, 4.69) is 11.1 Å². The number of anilines is 1. The van der Waals surface area contributed by atoms with Gasteiger partial charge < -0.3 is 14.9 Å². The van der Waals surface area contributed by atoms with Crippen molar-refractivity contribution in [2.75, 3.05) is 5.73 Å². The predicted molar refractivity (Wildman–Crippen MR) is 65.3 cm³/mol. The van der Waals surface area contributed by atoms with Crippen LogP contribution in [0.25, 0.3) is 0 Å². The number of imidazole rings is 1. The highest BCUT2D eigenvalue weighted by Crippen LogP contribution is 2.23. The van der Waals surface area contributed by atoms with Crippen LogP contribution < -0.4 is 5.73 Å². The fourth-order valence-corrected chi connectivity index (χ4v) is 1.95. The van der Waals surface area contributed by atoms with Gasteiger partial charge in [0, 0.05) is 31.2 Å². The van der Waals surface area contributed by atoms with Gasteiger partial charge in [0.05, 0.1) is 11.9 Å². The van der Waals surface area contributed by atoms with Crippen molar-refractivity contribution in [3.05, 3.63) is 35.5 Å². The highest BCUT2D eigenvalue weighted by atomic mass is 15.1. The number of hydrogen-bond donors (Lipinski definition) is 1. The van der Waals surface area contributed by atoms with Crippen LogP contribution in [0.4, 0.5) is 5.82 Å². The predicted octanol–water partition coefficient (Wildman–Crippen LogP) is 1.46. The van der Waals surface area contributed by atoms with E-state index in [0.29, 0.717) is 11.4 Å². The van der Waals surface area contributed by atoms with Gasteiger partial charge in [-0.1, -0.05) is 0 Å². The summed E-state index contributed by atoms with van der Waals surface area (Å²) < 4.78 is 3.97. The van der Waals surface area contributed by atoms with Crippen molar-refractivity contribution in [3.63, 3.8) is 0 Å². The lowest BCUT2D eigenvalue weighted by Gasteiger charge is -2.09. The molecule has 0 unspecified atom stereocenters. The van der Waals surface area contributed by atoms with Gasteiger partial charge in [-0.3, -0.25) is 0 Å². The van der Waals surface area contributed by atoms with Gasteiger partial charge in [0.25, 0.3) is 0 Å². The summed E-state index contributed by atoms with van der Waals surface area (Å²) in [7, 11) is 0. The minimum absolute atomic E-state index is 0.558. The van der Waals surface area contributed by atoms with Gasteiger partial charge in [0.1, 0.15) is 11.9 Å². The molecule has 0 atom stereocenters. The van der Waals surface area contributed by atoms with Crippen LogP contribution in [0, 0.1) is 25.2 Å². The molecule has 5 heteroatoms. The molecule has 0 saturated heterocycles. The number of aryl methyl sites for hydroxylation is 1. The summed E-state index contributed by atoms with van der Waals surface area (Å²) in [6.45, 7) is 5.46. The third kappa shape index (κ3) is 1.89. The molecule has 0 aliphatic rings. The molecular weight excluding hydrogens is 214 g/mol. The Kier molecular flexibility index (Phi) is 2.88. The van der Waals surface area contributed by atoms with Crippen LogP contribution in [0.5, 0.6) is 0 Å². The number of hydrogen-bond acceptors (Lipinski definition) is 3. The van der Waals surface area contributed by atoms with Crippen LogP contribution in [-0.4, -0.2) is 14.1 Å². The molecule has 0 bridgehead atoms. The Bertz CT molecular complexity index is 557. The van der Waals surface area contributed by atoms with Crippen molar-refractivity contribution in [1.29, 1.82) is 5.26 Å². The smallest absolute Gasteiger partial charge is 0.122 e. The molecule has 0 saturated carbocycles. The maximum Gasteiger partial charge on any atom is 0.122 e. The third-order valence-corrected chi connectivity index (χ3v) is 3.12. The van der Waals surface area contributed by atoms with Gasteiger partial charge in [0.15, 0.2) is 0 Å². The molecule has 17 heavy (non-hydrogen) atoms. The summed E-state index contributed by atoms with van der Waals surface area (Å²) in [4.78, 5) is 3.99. The first-order valence-electron chi connectivity index (χ1n) is 5.46. The second kappa shape index (κ2) is 4.34. The molecule has 5 nitrogen and oxygen atoms in total. The molecular formula is C12H15N5. The third-order valence-electron chi connectivity index (χ3n) is 3.12. The molecule has 2 heterocycles. The lowest BCUT2D eigenvalue weighted by Crippen LogP contribution is -2.10. The first kappa shape index (κ1) is 11.3. The van der Waals surface area contributed by atoms with Gasteiger partial charge in [-0.05, 0) is 19.4 Å². The molecule has 0 aromatic carbocycles. The molecule has 2 rings (SSSR count). The first-order chi connectivity index (χ1) is 8.15. The molecule has 0 fully saturated rings. The summed E-state index contributed by atoms with van der Waals surface area (Å²) >= 11 is 0. The molecule has 2 N–H and O–H groups in total. The quantitative estimate of drug-likeness (QED) is 0.865. The summed E-state index contributed by atoms with van der Waals surface area (Å²) in [5, 5.41) is 9.03. The second-order valence-electron chi connectivity index (χ2n) is 4.03. The van der Waals surface area contributed by atoms with Crippen LogP contribution in [0.15, 0.2) is 18.7 Å². The Labute approximate surface area is 100 Å². The number of aromatic nitrogens is 3. The van der Waals surface area contributed by atoms with E-state index in [9.17, 15) is 0 Å². The van der Waals surface area contributed by atoms with Gasteiger partial charge in [-0.2, -0.15) is 5.26 Å². The van der Waals surface area contributed by atoms with E-state index in [1.807, 2.05) is 29.2 Å². The Morgan fingerprint density at radius 3 is 2.71 bits per heavy atom. The molecule has 0 radical (unpaired) electrons. The summed E-state index contributed by atoms with van der Waals surface area (Å²) in [5.74, 6) is 0.558. The van der Waals surface area contributed by atoms with Gasteiger partial charge >= 0.3 is 0 Å². The topological polar surface area (TPSA) is 72.6 Å². The number of nitrogen functional groups attached to an aromatic ring is 1. The van der Waals surface area contributed by atoms with Crippen LogP contribution in [0.3, 0.4) is 0 Å². The number of nitrogens with two attached hydrogens (primary N) is 1. The van der Waals surface area contributed by atoms with Crippen molar-refractivity contribution >= 4 is 5.82 Å². The molecule has 0 aliphatic carbocycles. The minimum Gasteiger partial charge on any atom is -0.384 e. The molecule has 2 aromatic rings. The van der Waals surface area contributed by atoms with Crippen molar-refractivity contribution in [1.82, 2.24) is 14.1 Å². The monoisotopic (exact) mass is 229 g/mol. The lowest BCUT2D eigenvalue weighted by atomic mass is 10.2. The standard InChI is InChI=1S/C12H15N5/c1-9-10(2)17(12(14)11(9)7-13)6-5-16-4-3-15-8-16/h3-4,8H,5-6,14H2,1-2H3. The molecule has 0 aliphatic heterocycles. The van der Waals surface area contributed by atoms with E-state index in [1.165, 1.54) is 0 Å². The average molecular weight is 229 g/mol. The fraction of sp³-hybridized carbons (Fsp3) is 0.333. The second-order valence-corrected chi connectivity index (χ2v) is 4.03. The van der Waals surface area contributed by atoms with Crippen molar-refractivity contribution in [2.45, 2.75) is 26.9 Å². The van der Waals surface area contributed by atoms with Gasteiger partial charge in [-0.25, -0.2) is 4.98 Å². The highest BCUT2D eigenvalue weighted by Gasteiger charge is 2.14. The largest absolute Gasteiger partial charge is 0.384 e. The van der Waals surface area contributed by atoms with Gasteiger partial charge in [-0.15, -0.1) is 0 Å². The number of rotatable bonds is 3. The first-order valence-corrected chi connectivity index (χ1v) is 5.46. The fourth-order valence-electron chi connectivity index (χ4n) is 1.95. The normalized spacial score (nSPS) is 10.4. The molecule has 0 amide bonds. The van der Waals surface area contributed by atoms with E-state index < -0.39 is 0 Å². The summed E-state index contributed by atoms with van der Waals surface area (Å²) in [6, 6.07) is 2.15. The molecule has 2 aromatic heterocycles. The van der Waals surface area contributed by atoms with E-state index in [-0.39, 0.29) is 0 Å². The molecule has 88 valence electrons. The summed E-state index contributed by atoms with van der Waals surface area (Å²) in [5.41, 5.74) is 8.58. The maximum atomic E-state index is 9.03. The zero-order valence-electron chi connectivity index (χ0n) is 10.0. The highest BCUT2D eigenvalue weighted by molar-refractivity contribution is 5.57. The zero-order valence-corrected chi connectivity index (χ0v) is 10.0. The lowest BCUT2D eigenvalue weighted by molar-refractivity contribution is 0.576. The van der Waals surface area contributed by atoms with Crippen LogP contribution in [0.2, 0.25) is 0 Å². The maximum absolute atomic E-state index is 9.03. The van der Waals surface area contributed by atoms with E-state index in [1.54, 1.807) is 12.5 Å². The van der Waals surface area contributed by atoms with E-state index in [0.717, 1.165) is 24.3 Å². The van der Waals surface area contributed by atoms with Crippen molar-refractivity contribution in [3.8, 4) is 6.07 Å². The Morgan fingerprint density at radius 1 is 1.41 bits per heavy atom. The minimum atomic E-state index is 0.558. The SMILES string of the molecule is Cc1c(C#N)c(N)n(CCn2ccnc2)c1C. The Morgan fingerprint density at radius 2 is 2.18 bits per heavy atom.